The van der Waals surface area contributed by atoms with E-state index in [0.717, 1.165) is 23.1 Å². The van der Waals surface area contributed by atoms with Crippen molar-refractivity contribution in [2.75, 3.05) is 6.61 Å². The lowest BCUT2D eigenvalue weighted by Crippen LogP contribution is -2.49. The summed E-state index contributed by atoms with van der Waals surface area (Å²) in [5.74, 6) is -0.870. The number of esters is 1. The normalized spacial score (nSPS) is 15.9. The lowest BCUT2D eigenvalue weighted by molar-refractivity contribution is -0.153. The molecule has 0 aliphatic carbocycles. The summed E-state index contributed by atoms with van der Waals surface area (Å²) in [6, 6.07) is 19.6. The van der Waals surface area contributed by atoms with Crippen molar-refractivity contribution in [3.8, 4) is 0 Å². The number of nitrogens with zero attached hydrogens (tertiary/aromatic N) is 1. The molecule has 2 heterocycles. The van der Waals surface area contributed by atoms with Crippen molar-refractivity contribution >= 4 is 17.8 Å². The average Bonchev–Trinajstić information content (AvgIpc) is 3.41. The predicted octanol–water partition coefficient (Wildman–Crippen LogP) is 4.29. The van der Waals surface area contributed by atoms with E-state index in [9.17, 15) is 14.4 Å². The molecule has 7 nitrogen and oxygen atoms in total. The summed E-state index contributed by atoms with van der Waals surface area (Å²) in [6.45, 7) is 4.02. The molecule has 2 aromatic carbocycles. The fraction of sp³-hybridized carbons (Fsp3) is 0.321. The number of nitrogens with one attached hydrogen (secondary N) is 1. The Morgan fingerprint density at radius 3 is 2.40 bits per heavy atom. The van der Waals surface area contributed by atoms with E-state index in [1.165, 1.54) is 11.2 Å². The molecule has 0 fully saturated rings. The number of rotatable bonds is 8. The van der Waals surface area contributed by atoms with Crippen molar-refractivity contribution < 1.29 is 23.5 Å². The Balaban J connectivity index is 1.44. The second kappa shape index (κ2) is 11.0. The van der Waals surface area contributed by atoms with Crippen molar-refractivity contribution in [3.63, 3.8) is 0 Å². The zero-order valence-corrected chi connectivity index (χ0v) is 20.0. The van der Waals surface area contributed by atoms with Crippen LogP contribution in [0.4, 0.5) is 0 Å². The Labute approximate surface area is 205 Å². The summed E-state index contributed by atoms with van der Waals surface area (Å²) in [4.78, 5) is 40.3. The molecule has 0 radical (unpaired) electrons. The number of carbonyl (C=O) groups is 3. The van der Waals surface area contributed by atoms with E-state index in [0.29, 0.717) is 12.3 Å². The number of ether oxygens (including phenoxy) is 1. The monoisotopic (exact) mass is 474 g/mol. The zero-order chi connectivity index (χ0) is 24.8. The summed E-state index contributed by atoms with van der Waals surface area (Å²) in [5.41, 5.74) is 2.94. The van der Waals surface area contributed by atoms with Crippen LogP contribution in [0.15, 0.2) is 77.4 Å². The highest BCUT2D eigenvalue weighted by atomic mass is 16.5. The fourth-order valence-corrected chi connectivity index (χ4v) is 4.39. The Hall–Kier alpha value is -3.87. The smallest absolute Gasteiger partial charge is 0.329 e. The molecule has 1 aromatic heterocycles. The van der Waals surface area contributed by atoms with Gasteiger partial charge in [0, 0.05) is 13.0 Å². The molecule has 35 heavy (non-hydrogen) atoms. The van der Waals surface area contributed by atoms with Gasteiger partial charge in [-0.1, -0.05) is 68.4 Å². The highest BCUT2D eigenvalue weighted by Crippen LogP contribution is 2.26. The van der Waals surface area contributed by atoms with Crippen molar-refractivity contribution in [2.45, 2.75) is 45.3 Å². The minimum atomic E-state index is -0.851. The maximum atomic E-state index is 13.1. The van der Waals surface area contributed by atoms with Crippen LogP contribution < -0.4 is 5.32 Å². The van der Waals surface area contributed by atoms with Gasteiger partial charge < -0.3 is 19.4 Å². The molecule has 1 N–H and O–H groups in total. The molecule has 0 bridgehead atoms. The summed E-state index contributed by atoms with van der Waals surface area (Å²) in [6.07, 6.45) is 2.49. The molecule has 3 aromatic rings. The van der Waals surface area contributed by atoms with E-state index in [4.69, 9.17) is 9.15 Å². The number of hydrogen-bond acceptors (Lipinski definition) is 5. The van der Waals surface area contributed by atoms with Crippen LogP contribution in [0.3, 0.4) is 0 Å². The highest BCUT2D eigenvalue weighted by molar-refractivity contribution is 5.95. The molecule has 182 valence electrons. The molecule has 4 rings (SSSR count). The number of benzene rings is 2. The van der Waals surface area contributed by atoms with Gasteiger partial charge in [0.05, 0.1) is 12.3 Å². The lowest BCUT2D eigenvalue weighted by Gasteiger charge is -2.34. The highest BCUT2D eigenvalue weighted by Gasteiger charge is 2.37. The van der Waals surface area contributed by atoms with E-state index < -0.39 is 24.5 Å². The maximum Gasteiger partial charge on any atom is 0.329 e. The first-order valence-corrected chi connectivity index (χ1v) is 11.8. The van der Waals surface area contributed by atoms with Crippen molar-refractivity contribution in [1.29, 1.82) is 0 Å². The van der Waals surface area contributed by atoms with Crippen LogP contribution in [-0.2, 0) is 27.3 Å². The molecular weight excluding hydrogens is 444 g/mol. The minimum Gasteiger partial charge on any atom is -0.459 e. The lowest BCUT2D eigenvalue weighted by atomic mass is 9.93. The van der Waals surface area contributed by atoms with Gasteiger partial charge in [-0.25, -0.2) is 4.79 Å². The van der Waals surface area contributed by atoms with Crippen LogP contribution in [-0.4, -0.2) is 35.3 Å². The summed E-state index contributed by atoms with van der Waals surface area (Å²) in [5, 5.41) is 2.98. The van der Waals surface area contributed by atoms with Crippen molar-refractivity contribution in [3.05, 3.63) is 95.4 Å². The second-order valence-corrected chi connectivity index (χ2v) is 9.17. The molecule has 1 aliphatic heterocycles. The van der Waals surface area contributed by atoms with Gasteiger partial charge in [-0.15, -0.1) is 0 Å². The minimum absolute atomic E-state index is 0.152. The molecule has 0 saturated carbocycles. The second-order valence-electron chi connectivity index (χ2n) is 9.17. The van der Waals surface area contributed by atoms with Crippen LogP contribution in [0.5, 0.6) is 0 Å². The molecule has 1 unspecified atom stereocenters. The van der Waals surface area contributed by atoms with E-state index >= 15 is 0 Å². The van der Waals surface area contributed by atoms with Gasteiger partial charge in [0.2, 0.25) is 0 Å². The van der Waals surface area contributed by atoms with Gasteiger partial charge in [-0.3, -0.25) is 9.59 Å². The largest absolute Gasteiger partial charge is 0.459 e. The molecular formula is C28H30N2O5. The number of fused-ring (bicyclic) bond motifs is 1. The third-order valence-corrected chi connectivity index (χ3v) is 6.10. The molecule has 0 saturated heterocycles. The summed E-state index contributed by atoms with van der Waals surface area (Å²) < 4.78 is 10.7. The molecule has 2 atom stereocenters. The summed E-state index contributed by atoms with van der Waals surface area (Å²) in [7, 11) is 0. The Bertz CT molecular complexity index is 1160. The average molecular weight is 475 g/mol. The van der Waals surface area contributed by atoms with E-state index in [-0.39, 0.29) is 24.3 Å². The topological polar surface area (TPSA) is 88.9 Å². The number of hydrogen-bond donors (Lipinski definition) is 1. The van der Waals surface area contributed by atoms with E-state index in [1.54, 1.807) is 12.1 Å². The molecule has 1 aliphatic rings. The number of furan rings is 1. The van der Waals surface area contributed by atoms with Crippen LogP contribution in [0.25, 0.3) is 0 Å². The van der Waals surface area contributed by atoms with Gasteiger partial charge in [0.1, 0.15) is 6.04 Å². The van der Waals surface area contributed by atoms with Gasteiger partial charge in [-0.2, -0.15) is 0 Å². The Morgan fingerprint density at radius 2 is 1.71 bits per heavy atom. The first kappa shape index (κ1) is 24.3. The van der Waals surface area contributed by atoms with Crippen molar-refractivity contribution in [1.82, 2.24) is 10.2 Å². The summed E-state index contributed by atoms with van der Waals surface area (Å²) >= 11 is 0. The van der Waals surface area contributed by atoms with Gasteiger partial charge >= 0.3 is 5.97 Å². The Kier molecular flexibility index (Phi) is 7.65. The van der Waals surface area contributed by atoms with Gasteiger partial charge in [0.25, 0.3) is 11.8 Å². The predicted molar refractivity (Wildman–Crippen MR) is 130 cm³/mol. The van der Waals surface area contributed by atoms with Crippen LogP contribution in [0.1, 0.15) is 53.6 Å². The molecule has 2 amide bonds. The van der Waals surface area contributed by atoms with Crippen LogP contribution in [0, 0.1) is 5.92 Å². The van der Waals surface area contributed by atoms with Crippen LogP contribution >= 0.6 is 0 Å². The first-order chi connectivity index (χ1) is 16.9. The third kappa shape index (κ3) is 5.98. The van der Waals surface area contributed by atoms with Gasteiger partial charge in [-0.05, 0) is 41.2 Å². The van der Waals surface area contributed by atoms with E-state index in [2.05, 4.69) is 19.2 Å². The van der Waals surface area contributed by atoms with Crippen LogP contribution in [0.2, 0.25) is 0 Å². The van der Waals surface area contributed by atoms with E-state index in [1.807, 2.05) is 54.6 Å². The molecule has 0 spiro atoms. The van der Waals surface area contributed by atoms with Gasteiger partial charge in [0.15, 0.2) is 12.4 Å². The maximum absolute atomic E-state index is 13.1. The standard InChI is InChI=1S/C28H30N2O5/c1-19(2)15-23(20-9-4-3-5-10-20)29-26(31)18-35-28(33)24-16-21-11-6-7-12-22(21)17-30(24)27(32)25-13-8-14-34-25/h3-14,19,23-24H,15-18H2,1-2H3,(H,29,31)/t23?,24-/m0/s1. The quantitative estimate of drug-likeness (QED) is 0.492. The number of amides is 2. The first-order valence-electron chi connectivity index (χ1n) is 11.8. The Morgan fingerprint density at radius 1 is 1.00 bits per heavy atom. The third-order valence-electron chi connectivity index (χ3n) is 6.10. The van der Waals surface area contributed by atoms with Crippen molar-refractivity contribution in [2.24, 2.45) is 5.92 Å². The number of carbonyl (C=O) groups excluding carboxylic acids is 3. The fourth-order valence-electron chi connectivity index (χ4n) is 4.39. The zero-order valence-electron chi connectivity index (χ0n) is 20.0. The molecule has 7 heteroatoms. The SMILES string of the molecule is CC(C)CC(NC(=O)COC(=O)[C@@H]1Cc2ccccc2CN1C(=O)c1ccco1)c1ccccc1.